The molecule has 0 saturated carbocycles. The molecule has 1 unspecified atom stereocenters. The molecule has 0 amide bonds. The summed E-state index contributed by atoms with van der Waals surface area (Å²) in [7, 11) is 0. The predicted octanol–water partition coefficient (Wildman–Crippen LogP) is 5.14. The Kier molecular flexibility index (Phi) is 4.36. The van der Waals surface area contributed by atoms with Gasteiger partial charge >= 0.3 is 0 Å². The number of nitrogens with two attached hydrogens (primary N) is 2. The van der Waals surface area contributed by atoms with E-state index < -0.39 is 5.38 Å². The van der Waals surface area contributed by atoms with Crippen LogP contribution in [0.25, 0.3) is 0 Å². The molecule has 0 saturated heterocycles. The van der Waals surface area contributed by atoms with Gasteiger partial charge in [0.2, 0.25) is 0 Å². The third-order valence-electron chi connectivity index (χ3n) is 2.70. The Morgan fingerprint density at radius 3 is 2.05 bits per heavy atom. The SMILES string of the molecule is Nc1ccc(C(Cl)c2c(Cl)cc(N)c(Cl)c2Cl)cc1. The highest BCUT2D eigenvalue weighted by molar-refractivity contribution is 6.46. The minimum atomic E-state index is -0.529. The van der Waals surface area contributed by atoms with Crippen LogP contribution in [0.15, 0.2) is 30.3 Å². The van der Waals surface area contributed by atoms with Crippen LogP contribution in [-0.2, 0) is 0 Å². The largest absolute Gasteiger partial charge is 0.399 e. The van der Waals surface area contributed by atoms with Crippen molar-refractivity contribution in [3.63, 3.8) is 0 Å². The first-order chi connectivity index (χ1) is 8.91. The van der Waals surface area contributed by atoms with Crippen molar-refractivity contribution in [1.29, 1.82) is 0 Å². The first-order valence-corrected chi connectivity index (χ1v) is 6.91. The number of alkyl halides is 1. The van der Waals surface area contributed by atoms with E-state index in [2.05, 4.69) is 0 Å². The predicted molar refractivity (Wildman–Crippen MR) is 84.4 cm³/mol. The maximum Gasteiger partial charge on any atom is 0.0864 e. The minimum absolute atomic E-state index is 0.252. The summed E-state index contributed by atoms with van der Waals surface area (Å²) in [5, 5.41) is 0.369. The van der Waals surface area contributed by atoms with Crippen molar-refractivity contribution >= 4 is 57.8 Å². The number of nitrogen functional groups attached to an aromatic ring is 2. The smallest absolute Gasteiger partial charge is 0.0864 e. The molecule has 0 radical (unpaired) electrons. The van der Waals surface area contributed by atoms with Crippen LogP contribution in [0.5, 0.6) is 0 Å². The molecule has 19 heavy (non-hydrogen) atoms. The summed E-state index contributed by atoms with van der Waals surface area (Å²) in [6.07, 6.45) is 0. The molecule has 0 bridgehead atoms. The molecular formula is C13H10Cl4N2. The van der Waals surface area contributed by atoms with Crippen LogP contribution in [-0.4, -0.2) is 0 Å². The maximum atomic E-state index is 6.41. The number of hydrogen-bond donors (Lipinski definition) is 2. The van der Waals surface area contributed by atoms with Crippen LogP contribution in [0.3, 0.4) is 0 Å². The molecule has 0 aromatic heterocycles. The first kappa shape index (κ1) is 14.6. The zero-order chi connectivity index (χ0) is 14.2. The van der Waals surface area contributed by atoms with E-state index in [9.17, 15) is 0 Å². The number of rotatable bonds is 2. The molecule has 4 N–H and O–H groups in total. The molecule has 2 rings (SSSR count). The van der Waals surface area contributed by atoms with Gasteiger partial charge in [0.25, 0.3) is 0 Å². The second-order valence-electron chi connectivity index (χ2n) is 4.02. The molecule has 0 aliphatic rings. The maximum absolute atomic E-state index is 6.41. The van der Waals surface area contributed by atoms with Crippen molar-refractivity contribution < 1.29 is 0 Å². The van der Waals surface area contributed by atoms with Gasteiger partial charge in [-0.3, -0.25) is 0 Å². The van der Waals surface area contributed by atoms with E-state index in [0.717, 1.165) is 5.56 Å². The lowest BCUT2D eigenvalue weighted by Crippen LogP contribution is -1.99. The Hall–Kier alpha value is -0.800. The van der Waals surface area contributed by atoms with Crippen molar-refractivity contribution in [1.82, 2.24) is 0 Å². The molecule has 0 heterocycles. The quantitative estimate of drug-likeness (QED) is 0.453. The number of hydrogen-bond acceptors (Lipinski definition) is 2. The average molecular weight is 336 g/mol. The third-order valence-corrected chi connectivity index (χ3v) is 4.38. The standard InChI is InChI=1S/C13H10Cl4N2/c14-8-5-9(19)12(16)13(17)10(8)11(15)6-1-3-7(18)4-2-6/h1-5,11H,18-19H2. The van der Waals surface area contributed by atoms with Crippen molar-refractivity contribution in [2.24, 2.45) is 0 Å². The molecule has 0 spiro atoms. The molecule has 2 aromatic carbocycles. The zero-order valence-electron chi connectivity index (χ0n) is 9.63. The van der Waals surface area contributed by atoms with Gasteiger partial charge in [-0.15, -0.1) is 11.6 Å². The third kappa shape index (κ3) is 2.87. The van der Waals surface area contributed by atoms with Crippen molar-refractivity contribution in [2.75, 3.05) is 11.5 Å². The van der Waals surface area contributed by atoms with Gasteiger partial charge in [-0.05, 0) is 23.8 Å². The molecule has 0 aliphatic carbocycles. The lowest BCUT2D eigenvalue weighted by molar-refractivity contribution is 1.14. The van der Waals surface area contributed by atoms with Gasteiger partial charge < -0.3 is 11.5 Å². The number of benzene rings is 2. The summed E-state index contributed by atoms with van der Waals surface area (Å²) in [4.78, 5) is 0. The van der Waals surface area contributed by atoms with Crippen LogP contribution in [0.2, 0.25) is 15.1 Å². The van der Waals surface area contributed by atoms with Crippen LogP contribution < -0.4 is 11.5 Å². The highest BCUT2D eigenvalue weighted by Gasteiger charge is 2.21. The van der Waals surface area contributed by atoms with Gasteiger partial charge in [0.1, 0.15) is 0 Å². The average Bonchev–Trinajstić information content (AvgIpc) is 2.37. The van der Waals surface area contributed by atoms with Gasteiger partial charge in [0.05, 0.1) is 21.1 Å². The van der Waals surface area contributed by atoms with E-state index >= 15 is 0 Å². The van der Waals surface area contributed by atoms with Crippen molar-refractivity contribution in [3.8, 4) is 0 Å². The van der Waals surface area contributed by atoms with Gasteiger partial charge in [-0.25, -0.2) is 0 Å². The van der Waals surface area contributed by atoms with Crippen molar-refractivity contribution in [2.45, 2.75) is 5.38 Å². The zero-order valence-corrected chi connectivity index (χ0v) is 12.7. The highest BCUT2D eigenvalue weighted by Crippen LogP contribution is 2.43. The van der Waals surface area contributed by atoms with Gasteiger partial charge in [-0.2, -0.15) is 0 Å². The Morgan fingerprint density at radius 2 is 1.47 bits per heavy atom. The van der Waals surface area contributed by atoms with Gasteiger partial charge in [0.15, 0.2) is 0 Å². The summed E-state index contributed by atoms with van der Waals surface area (Å²) in [5.74, 6) is 0. The normalized spacial score (nSPS) is 12.4. The van der Waals surface area contributed by atoms with Crippen molar-refractivity contribution in [3.05, 3.63) is 56.5 Å². The van der Waals surface area contributed by atoms with Gasteiger partial charge in [-0.1, -0.05) is 46.9 Å². The number of halogens is 4. The Bertz CT molecular complexity index is 611. The summed E-state index contributed by atoms with van der Waals surface area (Å²) in [6.45, 7) is 0. The monoisotopic (exact) mass is 334 g/mol. The summed E-state index contributed by atoms with van der Waals surface area (Å²) in [6, 6.07) is 8.67. The van der Waals surface area contributed by atoms with E-state index in [1.807, 2.05) is 12.1 Å². The van der Waals surface area contributed by atoms with Crippen LogP contribution in [0.4, 0.5) is 11.4 Å². The lowest BCUT2D eigenvalue weighted by atomic mass is 10.0. The number of anilines is 2. The van der Waals surface area contributed by atoms with Crippen LogP contribution >= 0.6 is 46.4 Å². The molecule has 2 aromatic rings. The highest BCUT2D eigenvalue weighted by atomic mass is 35.5. The fourth-order valence-corrected chi connectivity index (χ4v) is 3.02. The fraction of sp³-hybridized carbons (Fsp3) is 0.0769. The van der Waals surface area contributed by atoms with Gasteiger partial charge in [0, 0.05) is 16.3 Å². The van der Waals surface area contributed by atoms with Crippen LogP contribution in [0, 0.1) is 0 Å². The molecule has 0 fully saturated rings. The molecule has 100 valence electrons. The van der Waals surface area contributed by atoms with E-state index in [0.29, 0.717) is 22.0 Å². The summed E-state index contributed by atoms with van der Waals surface area (Å²) in [5.41, 5.74) is 13.7. The van der Waals surface area contributed by atoms with Crippen LogP contribution in [0.1, 0.15) is 16.5 Å². The molecule has 2 nitrogen and oxygen atoms in total. The Balaban J connectivity index is 2.53. The fourth-order valence-electron chi connectivity index (χ4n) is 1.69. The summed E-state index contributed by atoms with van der Waals surface area (Å²) >= 11 is 24.8. The second-order valence-corrected chi connectivity index (χ2v) is 5.62. The molecule has 0 aliphatic heterocycles. The Morgan fingerprint density at radius 1 is 0.895 bits per heavy atom. The molecule has 6 heteroatoms. The second kappa shape index (κ2) is 5.68. The topological polar surface area (TPSA) is 52.0 Å². The van der Waals surface area contributed by atoms with E-state index in [1.54, 1.807) is 12.1 Å². The molecular weight excluding hydrogens is 326 g/mol. The van der Waals surface area contributed by atoms with E-state index in [4.69, 9.17) is 57.9 Å². The minimum Gasteiger partial charge on any atom is -0.399 e. The van der Waals surface area contributed by atoms with E-state index in [-0.39, 0.29) is 10.0 Å². The molecule has 1 atom stereocenters. The summed E-state index contributed by atoms with van der Waals surface area (Å²) < 4.78 is 0. The van der Waals surface area contributed by atoms with E-state index in [1.165, 1.54) is 6.07 Å². The Labute approximate surface area is 131 Å². The lowest BCUT2D eigenvalue weighted by Gasteiger charge is -2.16. The first-order valence-electron chi connectivity index (χ1n) is 5.34.